The molecule has 1 unspecified atom stereocenters. The molecule has 12 nitrogen and oxygen atoms in total. The van der Waals surface area contributed by atoms with Crippen LogP contribution in [0, 0.1) is 0 Å². The van der Waals surface area contributed by atoms with Crippen molar-refractivity contribution < 1.29 is 63.7 Å². The third kappa shape index (κ3) is 6.11. The Labute approximate surface area is 253 Å². The molecular formula is C28H36F3NO11S. The first-order valence-corrected chi connectivity index (χ1v) is 15.8. The topological polar surface area (TPSA) is 128 Å². The van der Waals surface area contributed by atoms with Crippen molar-refractivity contribution in [2.45, 2.75) is 89.0 Å². The van der Waals surface area contributed by atoms with E-state index in [1.165, 1.54) is 38.0 Å². The largest absolute Gasteiger partial charge is 0.523 e. The van der Waals surface area contributed by atoms with Crippen molar-refractivity contribution in [3.05, 3.63) is 23.3 Å². The molecule has 0 bridgehead atoms. The highest BCUT2D eigenvalue weighted by Gasteiger charge is 2.58. The molecule has 4 aliphatic rings. The van der Waals surface area contributed by atoms with E-state index in [0.29, 0.717) is 13.0 Å². The van der Waals surface area contributed by atoms with Crippen LogP contribution in [0.2, 0.25) is 0 Å². The monoisotopic (exact) mass is 651 g/mol. The zero-order chi connectivity index (χ0) is 32.0. The number of ether oxygens (including phenoxy) is 7. The lowest BCUT2D eigenvalue weighted by molar-refractivity contribution is -0.208. The predicted octanol–water partition coefficient (Wildman–Crippen LogP) is 3.97. The Kier molecular flexibility index (Phi) is 9.14. The lowest BCUT2D eigenvalue weighted by Gasteiger charge is -2.38. The van der Waals surface area contributed by atoms with E-state index in [-0.39, 0.29) is 53.8 Å². The molecule has 5 rings (SSSR count). The van der Waals surface area contributed by atoms with E-state index in [2.05, 4.69) is 0 Å². The number of fused-ring (bicyclic) bond motifs is 2. The maximum atomic E-state index is 14.0. The summed E-state index contributed by atoms with van der Waals surface area (Å²) >= 11 is 0. The number of hydrogen-bond acceptors (Lipinski definition) is 11. The van der Waals surface area contributed by atoms with Gasteiger partial charge in [-0.1, -0.05) is 0 Å². The van der Waals surface area contributed by atoms with Crippen molar-refractivity contribution >= 4 is 21.6 Å². The Morgan fingerprint density at radius 2 is 1.82 bits per heavy atom. The van der Waals surface area contributed by atoms with Gasteiger partial charge in [-0.05, 0) is 64.7 Å². The molecule has 0 N–H and O–H groups in total. The van der Waals surface area contributed by atoms with Gasteiger partial charge in [-0.3, -0.25) is 8.98 Å². The molecule has 3 aliphatic heterocycles. The number of carbonyl (C=O) groups excluding carboxylic acids is 1. The quantitative estimate of drug-likeness (QED) is 0.284. The number of halogens is 3. The molecule has 1 amide bonds. The molecule has 5 atom stereocenters. The second kappa shape index (κ2) is 12.3. The van der Waals surface area contributed by atoms with E-state index in [1.54, 1.807) is 13.8 Å². The van der Waals surface area contributed by atoms with Gasteiger partial charge >= 0.3 is 15.6 Å². The van der Waals surface area contributed by atoms with Crippen LogP contribution in [-0.4, -0.2) is 94.8 Å². The average Bonchev–Trinajstić information content (AvgIpc) is 3.57. The van der Waals surface area contributed by atoms with E-state index in [0.717, 1.165) is 12.8 Å². The van der Waals surface area contributed by atoms with Gasteiger partial charge in [-0.2, -0.15) is 21.6 Å². The van der Waals surface area contributed by atoms with E-state index < -0.39 is 58.0 Å². The van der Waals surface area contributed by atoms with Crippen molar-refractivity contribution in [1.82, 2.24) is 4.90 Å². The zero-order valence-electron chi connectivity index (χ0n) is 25.0. The third-order valence-electron chi connectivity index (χ3n) is 7.80. The second-order valence-corrected chi connectivity index (χ2v) is 12.6. The molecule has 2 saturated heterocycles. The summed E-state index contributed by atoms with van der Waals surface area (Å²) in [5.74, 6) is -1.69. The fraction of sp³-hybridized carbons (Fsp3) is 0.679. The van der Waals surface area contributed by atoms with Crippen molar-refractivity contribution in [3.63, 3.8) is 0 Å². The molecule has 0 radical (unpaired) electrons. The summed E-state index contributed by atoms with van der Waals surface area (Å²) in [5.41, 5.74) is -5.98. The van der Waals surface area contributed by atoms with Crippen LogP contribution in [0.25, 0.3) is 5.57 Å². The highest BCUT2D eigenvalue weighted by molar-refractivity contribution is 7.87. The number of carbonyl (C=O) groups is 1. The maximum Gasteiger partial charge on any atom is 0.523 e. The highest BCUT2D eigenvalue weighted by atomic mass is 32.2. The molecular weight excluding hydrogens is 615 g/mol. The summed E-state index contributed by atoms with van der Waals surface area (Å²) in [5, 5.41) is 0. The van der Waals surface area contributed by atoms with Crippen molar-refractivity contribution in [3.8, 4) is 17.2 Å². The van der Waals surface area contributed by atoms with Crippen LogP contribution in [0.15, 0.2) is 12.1 Å². The molecule has 1 aliphatic carbocycles. The lowest BCUT2D eigenvalue weighted by atomic mass is 9.83. The van der Waals surface area contributed by atoms with Crippen LogP contribution >= 0.6 is 0 Å². The molecule has 3 heterocycles. The summed E-state index contributed by atoms with van der Waals surface area (Å²) < 4.78 is 112. The Morgan fingerprint density at radius 1 is 1.11 bits per heavy atom. The normalized spacial score (nSPS) is 27.9. The van der Waals surface area contributed by atoms with Crippen LogP contribution in [0.5, 0.6) is 17.2 Å². The minimum atomic E-state index is -6.17. The van der Waals surface area contributed by atoms with Gasteiger partial charge in [-0.25, -0.2) is 0 Å². The molecule has 1 aromatic rings. The number of alkyl halides is 3. The molecule has 2 fully saturated rings. The van der Waals surface area contributed by atoms with Gasteiger partial charge in [0.1, 0.15) is 24.4 Å². The summed E-state index contributed by atoms with van der Waals surface area (Å²) in [7, 11) is -4.87. The minimum absolute atomic E-state index is 0.00436. The first kappa shape index (κ1) is 32.8. The van der Waals surface area contributed by atoms with Gasteiger partial charge in [0, 0.05) is 25.3 Å². The smallest absolute Gasteiger partial charge is 0.492 e. The number of benzene rings is 1. The van der Waals surface area contributed by atoms with Gasteiger partial charge in [0.2, 0.25) is 12.5 Å². The Morgan fingerprint density at radius 3 is 2.43 bits per heavy atom. The fourth-order valence-electron chi connectivity index (χ4n) is 5.82. The standard InChI is InChI=1S/C28H36F3NO11S/c1-6-32(7-2)26(33)20-15(12-17-22(24(20)36-5)39-14-38-17)16-13-18(40-19-10-8-9-11-37-19)23-25(42-27(3,4)41-23)21(16)43-44(34,35)28(29,30)31/h12-13,18-19,21,23,25H,6-11,14H2,1-5H3/t18-,19?,21-,23+,25-/m0/s1. The zero-order valence-corrected chi connectivity index (χ0v) is 25.8. The molecule has 1 aromatic carbocycles. The number of methoxy groups -OCH3 is 1. The van der Waals surface area contributed by atoms with Crippen LogP contribution in [0.1, 0.15) is 62.9 Å². The van der Waals surface area contributed by atoms with E-state index >= 15 is 0 Å². The number of amides is 1. The van der Waals surface area contributed by atoms with Gasteiger partial charge in [-0.15, -0.1) is 0 Å². The summed E-state index contributed by atoms with van der Waals surface area (Å²) in [4.78, 5) is 15.5. The molecule has 0 spiro atoms. The molecule has 16 heteroatoms. The van der Waals surface area contributed by atoms with Crippen LogP contribution < -0.4 is 14.2 Å². The first-order chi connectivity index (χ1) is 20.7. The summed E-state index contributed by atoms with van der Waals surface area (Å²) in [6.07, 6.45) is -2.49. The predicted molar refractivity (Wildman–Crippen MR) is 146 cm³/mol. The van der Waals surface area contributed by atoms with Crippen molar-refractivity contribution in [1.29, 1.82) is 0 Å². The van der Waals surface area contributed by atoms with Gasteiger partial charge in [0.25, 0.3) is 5.91 Å². The Bertz CT molecular complexity index is 1390. The Hall–Kier alpha value is -2.63. The second-order valence-electron chi connectivity index (χ2n) is 11.0. The van der Waals surface area contributed by atoms with E-state index in [1.807, 2.05) is 0 Å². The number of rotatable bonds is 9. The van der Waals surface area contributed by atoms with E-state index in [4.69, 9.17) is 37.3 Å². The van der Waals surface area contributed by atoms with Gasteiger partial charge in [0.15, 0.2) is 23.6 Å². The van der Waals surface area contributed by atoms with Gasteiger partial charge < -0.3 is 38.1 Å². The van der Waals surface area contributed by atoms with Crippen molar-refractivity contribution in [2.75, 3.05) is 33.6 Å². The fourth-order valence-corrected chi connectivity index (χ4v) is 6.41. The summed E-state index contributed by atoms with van der Waals surface area (Å²) in [6.45, 7) is 7.39. The molecule has 0 saturated carbocycles. The number of nitrogens with zero attached hydrogens (tertiary/aromatic N) is 1. The lowest BCUT2D eigenvalue weighted by Crippen LogP contribution is -2.51. The SMILES string of the molecule is CCN(CC)C(=O)c1c(C2=C[C@H](OC3CCCCO3)[C@H]3OC(C)(C)O[C@H]3[C@H]2OS(=O)(=O)C(F)(F)F)cc2c(c1OC)OCO2. The molecule has 246 valence electrons. The Balaban J connectivity index is 1.74. The van der Waals surface area contributed by atoms with E-state index in [9.17, 15) is 26.4 Å². The van der Waals surface area contributed by atoms with Crippen LogP contribution in [0.4, 0.5) is 13.2 Å². The summed E-state index contributed by atoms with van der Waals surface area (Å²) in [6, 6.07) is 1.39. The van der Waals surface area contributed by atoms with Gasteiger partial charge in [0.05, 0.1) is 12.7 Å². The molecule has 44 heavy (non-hydrogen) atoms. The van der Waals surface area contributed by atoms with Crippen LogP contribution in [0.3, 0.4) is 0 Å². The number of hydrogen-bond donors (Lipinski definition) is 0. The minimum Gasteiger partial charge on any atom is -0.492 e. The average molecular weight is 652 g/mol. The van der Waals surface area contributed by atoms with Crippen LogP contribution in [-0.2, 0) is 33.2 Å². The third-order valence-corrected chi connectivity index (χ3v) is 8.82. The molecule has 0 aromatic heterocycles. The maximum absolute atomic E-state index is 14.0. The first-order valence-electron chi connectivity index (χ1n) is 14.4. The van der Waals surface area contributed by atoms with Crippen molar-refractivity contribution in [2.24, 2.45) is 0 Å². The highest BCUT2D eigenvalue weighted by Crippen LogP contribution is 2.51.